The summed E-state index contributed by atoms with van der Waals surface area (Å²) < 4.78 is 28.6. The molecule has 178 valence electrons. The van der Waals surface area contributed by atoms with Gasteiger partial charge in [-0.25, -0.2) is 8.42 Å². The zero-order valence-electron chi connectivity index (χ0n) is 19.1. The average Bonchev–Trinajstić information content (AvgIpc) is 2.78. The minimum atomic E-state index is -4.03. The fraction of sp³-hybridized carbons (Fsp3) is 0.200. The molecule has 0 heterocycles. The molecule has 0 fully saturated rings. The van der Waals surface area contributed by atoms with Crippen molar-refractivity contribution in [1.29, 1.82) is 0 Å². The number of rotatable bonds is 7. The summed E-state index contributed by atoms with van der Waals surface area (Å²) in [6, 6.07) is 21.1. The quantitative estimate of drug-likeness (QED) is 0.446. The van der Waals surface area contributed by atoms with Crippen molar-refractivity contribution in [3.05, 3.63) is 88.9 Å². The van der Waals surface area contributed by atoms with E-state index in [1.54, 1.807) is 66.7 Å². The summed E-state index contributed by atoms with van der Waals surface area (Å²) in [6.45, 7) is 5.10. The molecule has 7 nitrogen and oxygen atoms in total. The Kier molecular flexibility index (Phi) is 7.78. The van der Waals surface area contributed by atoms with Gasteiger partial charge in [-0.1, -0.05) is 46.3 Å². The van der Waals surface area contributed by atoms with Gasteiger partial charge in [-0.2, -0.15) is 0 Å². The Morgan fingerprint density at radius 1 is 0.882 bits per heavy atom. The number of sulfonamides is 1. The first-order valence-electron chi connectivity index (χ1n) is 10.5. The molecule has 3 aromatic rings. The first-order chi connectivity index (χ1) is 16.0. The molecule has 0 saturated heterocycles. The number of anilines is 2. The van der Waals surface area contributed by atoms with Crippen molar-refractivity contribution in [3.63, 3.8) is 0 Å². The molecular weight excluding hydrogens is 518 g/mol. The Labute approximate surface area is 208 Å². The molecule has 2 amide bonds. The molecule has 0 aliphatic rings. The number of nitrogens with one attached hydrogen (secondary N) is 2. The van der Waals surface area contributed by atoms with Crippen molar-refractivity contribution in [1.82, 2.24) is 5.32 Å². The van der Waals surface area contributed by atoms with Gasteiger partial charge in [-0.3, -0.25) is 13.9 Å². The maximum atomic E-state index is 13.4. The molecule has 34 heavy (non-hydrogen) atoms. The van der Waals surface area contributed by atoms with Gasteiger partial charge in [-0.05, 0) is 69.3 Å². The van der Waals surface area contributed by atoms with Crippen LogP contribution in [-0.4, -0.2) is 32.3 Å². The molecule has 0 saturated carbocycles. The van der Waals surface area contributed by atoms with Gasteiger partial charge in [0, 0.05) is 10.0 Å². The van der Waals surface area contributed by atoms with Crippen molar-refractivity contribution in [2.24, 2.45) is 0 Å². The van der Waals surface area contributed by atoms with Crippen LogP contribution in [0.2, 0.25) is 0 Å². The smallest absolute Gasteiger partial charge is 0.264 e. The highest BCUT2D eigenvalue weighted by Crippen LogP contribution is 2.26. The molecule has 9 heteroatoms. The number of benzene rings is 3. The van der Waals surface area contributed by atoms with Crippen molar-refractivity contribution >= 4 is 49.1 Å². The van der Waals surface area contributed by atoms with E-state index in [4.69, 9.17) is 0 Å². The zero-order valence-corrected chi connectivity index (χ0v) is 21.5. The third kappa shape index (κ3) is 6.45. The predicted molar refractivity (Wildman–Crippen MR) is 137 cm³/mol. The van der Waals surface area contributed by atoms with E-state index in [9.17, 15) is 18.0 Å². The number of hydrogen-bond acceptors (Lipinski definition) is 4. The molecule has 2 N–H and O–H groups in total. The van der Waals surface area contributed by atoms with Crippen LogP contribution in [0.25, 0.3) is 0 Å². The van der Waals surface area contributed by atoms with Crippen molar-refractivity contribution < 1.29 is 18.0 Å². The minimum Gasteiger partial charge on any atom is -0.347 e. The molecule has 0 aliphatic heterocycles. The number of carbonyl (C=O) groups is 2. The van der Waals surface area contributed by atoms with Crippen LogP contribution >= 0.6 is 15.9 Å². The third-order valence-electron chi connectivity index (χ3n) is 4.67. The van der Waals surface area contributed by atoms with Crippen molar-refractivity contribution in [2.45, 2.75) is 31.2 Å². The molecule has 3 rings (SSSR count). The molecular formula is C25H26BrN3O4S. The highest BCUT2D eigenvalue weighted by atomic mass is 79.9. The fourth-order valence-electron chi connectivity index (χ4n) is 3.16. The van der Waals surface area contributed by atoms with Crippen LogP contribution in [0.5, 0.6) is 0 Å². The Hall–Kier alpha value is -3.17. The topological polar surface area (TPSA) is 95.6 Å². The zero-order chi connectivity index (χ0) is 24.9. The van der Waals surface area contributed by atoms with Crippen LogP contribution in [-0.2, 0) is 14.8 Å². The van der Waals surface area contributed by atoms with Gasteiger partial charge in [0.25, 0.3) is 15.9 Å². The summed E-state index contributed by atoms with van der Waals surface area (Å²) in [7, 11) is -4.03. The van der Waals surface area contributed by atoms with Crippen molar-refractivity contribution in [2.75, 3.05) is 16.2 Å². The third-order valence-corrected chi connectivity index (χ3v) is 6.98. The van der Waals surface area contributed by atoms with Crippen LogP contribution in [0.3, 0.4) is 0 Å². The number of hydrogen-bond donors (Lipinski definition) is 2. The van der Waals surface area contributed by atoms with E-state index in [1.807, 2.05) is 20.8 Å². The summed E-state index contributed by atoms with van der Waals surface area (Å²) in [5, 5.41) is 5.56. The number of halogens is 1. The van der Waals surface area contributed by atoms with Gasteiger partial charge in [0.2, 0.25) is 5.91 Å². The van der Waals surface area contributed by atoms with Gasteiger partial charge >= 0.3 is 0 Å². The Morgan fingerprint density at radius 2 is 1.47 bits per heavy atom. The summed E-state index contributed by atoms with van der Waals surface area (Å²) in [4.78, 5) is 25.8. The summed E-state index contributed by atoms with van der Waals surface area (Å²) >= 11 is 3.34. The Morgan fingerprint density at radius 3 is 2.09 bits per heavy atom. The molecule has 0 aliphatic carbocycles. The van der Waals surface area contributed by atoms with Crippen LogP contribution in [0, 0.1) is 0 Å². The van der Waals surface area contributed by atoms with E-state index in [0.29, 0.717) is 11.4 Å². The molecule has 0 aromatic heterocycles. The van der Waals surface area contributed by atoms with E-state index in [2.05, 4.69) is 26.6 Å². The molecule has 0 unspecified atom stereocenters. The van der Waals surface area contributed by atoms with Crippen LogP contribution in [0.1, 0.15) is 31.1 Å². The average molecular weight is 544 g/mol. The number of amides is 2. The lowest BCUT2D eigenvalue weighted by atomic mass is 10.1. The second kappa shape index (κ2) is 10.4. The number of nitrogens with zero attached hydrogens (tertiary/aromatic N) is 1. The van der Waals surface area contributed by atoms with E-state index in [-0.39, 0.29) is 16.4 Å². The second-order valence-electron chi connectivity index (χ2n) is 8.60. The first-order valence-corrected chi connectivity index (χ1v) is 12.8. The molecule has 0 bridgehead atoms. The fourth-order valence-corrected chi connectivity index (χ4v) is 4.87. The van der Waals surface area contributed by atoms with Crippen LogP contribution < -0.4 is 14.9 Å². The number of carbonyl (C=O) groups excluding carboxylic acids is 2. The van der Waals surface area contributed by atoms with Gasteiger partial charge in [0.05, 0.1) is 21.8 Å². The largest absolute Gasteiger partial charge is 0.347 e. The maximum absolute atomic E-state index is 13.4. The molecule has 0 radical (unpaired) electrons. The standard InChI is InChI=1S/C25H26BrN3O4S/c1-25(2,3)28-24(31)21-11-7-8-12-22(21)27-23(30)17-29(19-15-13-18(26)14-16-19)34(32,33)20-9-5-4-6-10-20/h4-16H,17H2,1-3H3,(H,27,30)(H,28,31). The monoisotopic (exact) mass is 543 g/mol. The number of para-hydroxylation sites is 1. The van der Waals surface area contributed by atoms with E-state index in [1.165, 1.54) is 12.1 Å². The second-order valence-corrected chi connectivity index (χ2v) is 11.4. The van der Waals surface area contributed by atoms with Gasteiger partial charge in [0.15, 0.2) is 0 Å². The summed E-state index contributed by atoms with van der Waals surface area (Å²) in [5.74, 6) is -0.927. The van der Waals surface area contributed by atoms with E-state index >= 15 is 0 Å². The Balaban J connectivity index is 1.91. The van der Waals surface area contributed by atoms with Gasteiger partial charge in [0.1, 0.15) is 6.54 Å². The van der Waals surface area contributed by atoms with Crippen LogP contribution in [0.4, 0.5) is 11.4 Å². The normalized spacial score (nSPS) is 11.5. The molecule has 0 spiro atoms. The molecule has 0 atom stereocenters. The van der Waals surface area contributed by atoms with Gasteiger partial charge < -0.3 is 10.6 Å². The predicted octanol–water partition coefficient (Wildman–Crippen LogP) is 4.81. The minimum absolute atomic E-state index is 0.0654. The highest BCUT2D eigenvalue weighted by molar-refractivity contribution is 9.10. The first kappa shape index (κ1) is 25.5. The SMILES string of the molecule is CC(C)(C)NC(=O)c1ccccc1NC(=O)CN(c1ccc(Br)cc1)S(=O)(=O)c1ccccc1. The van der Waals surface area contributed by atoms with Crippen LogP contribution in [0.15, 0.2) is 88.2 Å². The lowest BCUT2D eigenvalue weighted by Gasteiger charge is -2.25. The summed E-state index contributed by atoms with van der Waals surface area (Å²) in [5.41, 5.74) is 0.450. The lowest BCUT2D eigenvalue weighted by Crippen LogP contribution is -2.41. The lowest BCUT2D eigenvalue weighted by molar-refractivity contribution is -0.114. The Bertz CT molecular complexity index is 1270. The van der Waals surface area contributed by atoms with E-state index in [0.717, 1.165) is 8.78 Å². The summed E-state index contributed by atoms with van der Waals surface area (Å²) in [6.07, 6.45) is 0. The molecule has 3 aromatic carbocycles. The van der Waals surface area contributed by atoms with Crippen molar-refractivity contribution in [3.8, 4) is 0 Å². The van der Waals surface area contributed by atoms with E-state index < -0.39 is 28.0 Å². The maximum Gasteiger partial charge on any atom is 0.264 e. The van der Waals surface area contributed by atoms with Gasteiger partial charge in [-0.15, -0.1) is 0 Å². The highest BCUT2D eigenvalue weighted by Gasteiger charge is 2.28.